The Bertz CT molecular complexity index is 252. The van der Waals surface area contributed by atoms with Crippen LogP contribution in [0.4, 0.5) is 0 Å². The minimum atomic E-state index is -0.128. The highest BCUT2D eigenvalue weighted by Crippen LogP contribution is 2.23. The first-order chi connectivity index (χ1) is 10.0. The molecule has 0 saturated heterocycles. The van der Waals surface area contributed by atoms with Gasteiger partial charge in [0.1, 0.15) is 0 Å². The van der Waals surface area contributed by atoms with Crippen LogP contribution in [0.1, 0.15) is 73.1 Å². The molecule has 0 spiro atoms. The normalized spacial score (nSPS) is 13.0. The Kier molecular flexibility index (Phi) is 12.7. The molecule has 0 bridgehead atoms. The third-order valence-electron chi connectivity index (χ3n) is 3.06. The molecule has 0 aliphatic heterocycles. The molecule has 2 heteroatoms. The molecule has 0 N–H and O–H groups in total. The van der Waals surface area contributed by atoms with Crippen LogP contribution in [0.2, 0.25) is 0 Å². The van der Waals surface area contributed by atoms with Gasteiger partial charge in [-0.15, -0.1) is 0 Å². The van der Waals surface area contributed by atoms with Crippen LogP contribution in [-0.2, 0) is 9.47 Å². The Balaban J connectivity index is 3.94. The monoisotopic (exact) mass is 296 g/mol. The van der Waals surface area contributed by atoms with Gasteiger partial charge < -0.3 is 9.47 Å². The van der Waals surface area contributed by atoms with Crippen molar-refractivity contribution >= 4 is 0 Å². The summed E-state index contributed by atoms with van der Waals surface area (Å²) in [6.45, 7) is 12.3. The molecule has 0 amide bonds. The number of rotatable bonds is 12. The molecule has 21 heavy (non-hydrogen) atoms. The summed E-state index contributed by atoms with van der Waals surface area (Å²) < 4.78 is 11.8. The zero-order valence-corrected chi connectivity index (χ0v) is 14.9. The first-order valence-electron chi connectivity index (χ1n) is 8.55. The lowest BCUT2D eigenvalue weighted by atomic mass is 9.96. The molecule has 0 atom stereocenters. The standard InChI is InChI=1S/C19H36O2/c1-6-8-10-12-14-16-20-18(19(3,4)5)21-17-15-13-11-9-7-2/h10-13,18H,6-9,14-17H2,1-5H3/b12-10-,13-11-. The molecular formula is C19H36O2. The Morgan fingerprint density at radius 3 is 1.43 bits per heavy atom. The van der Waals surface area contributed by atoms with Gasteiger partial charge in [0.2, 0.25) is 0 Å². The lowest BCUT2D eigenvalue weighted by Crippen LogP contribution is -2.32. The summed E-state index contributed by atoms with van der Waals surface area (Å²) in [5.74, 6) is 0. The lowest BCUT2D eigenvalue weighted by molar-refractivity contribution is -0.192. The van der Waals surface area contributed by atoms with E-state index >= 15 is 0 Å². The molecule has 0 aromatic heterocycles. The highest BCUT2D eigenvalue weighted by atomic mass is 16.7. The molecule has 2 nitrogen and oxygen atoms in total. The molecule has 0 aliphatic carbocycles. The maximum absolute atomic E-state index is 5.92. The van der Waals surface area contributed by atoms with Gasteiger partial charge in [0.25, 0.3) is 0 Å². The van der Waals surface area contributed by atoms with Gasteiger partial charge in [0.15, 0.2) is 6.29 Å². The first-order valence-corrected chi connectivity index (χ1v) is 8.55. The second kappa shape index (κ2) is 13.1. The highest BCUT2D eigenvalue weighted by Gasteiger charge is 2.25. The molecule has 0 unspecified atom stereocenters. The van der Waals surface area contributed by atoms with Crippen molar-refractivity contribution in [2.75, 3.05) is 13.2 Å². The summed E-state index contributed by atoms with van der Waals surface area (Å²) in [6.07, 6.45) is 15.4. The third-order valence-corrected chi connectivity index (χ3v) is 3.06. The van der Waals surface area contributed by atoms with E-state index in [0.717, 1.165) is 38.9 Å². The van der Waals surface area contributed by atoms with Gasteiger partial charge in [-0.05, 0) is 25.7 Å². The van der Waals surface area contributed by atoms with Crippen molar-refractivity contribution in [1.82, 2.24) is 0 Å². The fourth-order valence-electron chi connectivity index (χ4n) is 1.84. The zero-order valence-electron chi connectivity index (χ0n) is 14.9. The fourth-order valence-corrected chi connectivity index (χ4v) is 1.84. The third kappa shape index (κ3) is 12.8. The quantitative estimate of drug-likeness (QED) is 0.254. The van der Waals surface area contributed by atoms with Crippen LogP contribution in [0.15, 0.2) is 24.3 Å². The van der Waals surface area contributed by atoms with Gasteiger partial charge in [-0.25, -0.2) is 0 Å². The molecule has 0 aromatic rings. The Morgan fingerprint density at radius 2 is 1.10 bits per heavy atom. The molecule has 124 valence electrons. The Morgan fingerprint density at radius 1 is 0.714 bits per heavy atom. The average molecular weight is 296 g/mol. The number of hydrogen-bond acceptors (Lipinski definition) is 2. The number of hydrogen-bond donors (Lipinski definition) is 0. The minimum absolute atomic E-state index is 0.0142. The smallest absolute Gasteiger partial charge is 0.162 e. The van der Waals surface area contributed by atoms with Gasteiger partial charge in [-0.1, -0.05) is 71.8 Å². The molecule has 0 heterocycles. The molecular weight excluding hydrogens is 260 g/mol. The Labute approximate surface area is 132 Å². The maximum atomic E-state index is 5.92. The summed E-state index contributed by atoms with van der Waals surface area (Å²) in [5, 5.41) is 0. The predicted molar refractivity (Wildman–Crippen MR) is 92.5 cm³/mol. The van der Waals surface area contributed by atoms with Crippen molar-refractivity contribution in [1.29, 1.82) is 0 Å². The SMILES string of the molecule is CCC/C=C\CCOC(OCC/C=C\CCC)C(C)(C)C. The van der Waals surface area contributed by atoms with Crippen molar-refractivity contribution in [2.24, 2.45) is 5.41 Å². The van der Waals surface area contributed by atoms with Crippen LogP contribution in [0.5, 0.6) is 0 Å². The predicted octanol–water partition coefficient (Wildman–Crippen LogP) is 5.88. The number of ether oxygens (including phenoxy) is 2. The summed E-state index contributed by atoms with van der Waals surface area (Å²) in [6, 6.07) is 0. The van der Waals surface area contributed by atoms with E-state index in [-0.39, 0.29) is 11.7 Å². The van der Waals surface area contributed by atoms with E-state index < -0.39 is 0 Å². The molecule has 0 rings (SSSR count). The van der Waals surface area contributed by atoms with Gasteiger partial charge in [-0.2, -0.15) is 0 Å². The van der Waals surface area contributed by atoms with E-state index in [1.54, 1.807) is 0 Å². The molecule has 0 saturated carbocycles. The van der Waals surface area contributed by atoms with Gasteiger partial charge in [0, 0.05) is 5.41 Å². The Hall–Kier alpha value is -0.600. The van der Waals surface area contributed by atoms with Gasteiger partial charge in [-0.3, -0.25) is 0 Å². The van der Waals surface area contributed by atoms with Crippen molar-refractivity contribution in [3.05, 3.63) is 24.3 Å². The zero-order chi connectivity index (χ0) is 16.0. The van der Waals surface area contributed by atoms with Crippen LogP contribution < -0.4 is 0 Å². The number of unbranched alkanes of at least 4 members (excludes halogenated alkanes) is 2. The van der Waals surface area contributed by atoms with E-state index in [0.29, 0.717) is 0 Å². The summed E-state index contributed by atoms with van der Waals surface area (Å²) in [7, 11) is 0. The van der Waals surface area contributed by atoms with E-state index in [1.807, 2.05) is 0 Å². The van der Waals surface area contributed by atoms with E-state index in [1.165, 1.54) is 12.8 Å². The van der Waals surface area contributed by atoms with Crippen molar-refractivity contribution in [3.63, 3.8) is 0 Å². The molecule has 0 fully saturated rings. The fraction of sp³-hybridized carbons (Fsp3) is 0.789. The topological polar surface area (TPSA) is 18.5 Å². The van der Waals surface area contributed by atoms with Crippen molar-refractivity contribution in [2.45, 2.75) is 79.4 Å². The second-order valence-corrected chi connectivity index (χ2v) is 6.54. The second-order valence-electron chi connectivity index (χ2n) is 6.54. The summed E-state index contributed by atoms with van der Waals surface area (Å²) >= 11 is 0. The minimum Gasteiger partial charge on any atom is -0.352 e. The number of allylic oxidation sites excluding steroid dienone is 2. The van der Waals surface area contributed by atoms with Crippen LogP contribution in [-0.4, -0.2) is 19.5 Å². The van der Waals surface area contributed by atoms with E-state index in [2.05, 4.69) is 58.9 Å². The van der Waals surface area contributed by atoms with Crippen LogP contribution >= 0.6 is 0 Å². The maximum Gasteiger partial charge on any atom is 0.162 e. The van der Waals surface area contributed by atoms with Crippen LogP contribution in [0, 0.1) is 5.41 Å². The summed E-state index contributed by atoms with van der Waals surface area (Å²) in [5.41, 5.74) is 0.0142. The molecule has 0 radical (unpaired) electrons. The average Bonchev–Trinajstić information content (AvgIpc) is 2.42. The van der Waals surface area contributed by atoms with Gasteiger partial charge in [0.05, 0.1) is 13.2 Å². The van der Waals surface area contributed by atoms with Crippen molar-refractivity contribution in [3.8, 4) is 0 Å². The summed E-state index contributed by atoms with van der Waals surface area (Å²) in [4.78, 5) is 0. The molecule has 0 aromatic carbocycles. The molecule has 0 aliphatic rings. The lowest BCUT2D eigenvalue weighted by Gasteiger charge is -2.30. The van der Waals surface area contributed by atoms with E-state index in [9.17, 15) is 0 Å². The van der Waals surface area contributed by atoms with Crippen LogP contribution in [0.3, 0.4) is 0 Å². The first kappa shape index (κ1) is 20.4. The largest absolute Gasteiger partial charge is 0.352 e. The van der Waals surface area contributed by atoms with Crippen LogP contribution in [0.25, 0.3) is 0 Å². The van der Waals surface area contributed by atoms with Crippen molar-refractivity contribution < 1.29 is 9.47 Å². The van der Waals surface area contributed by atoms with E-state index in [4.69, 9.17) is 9.47 Å². The van der Waals surface area contributed by atoms with Gasteiger partial charge >= 0.3 is 0 Å². The highest BCUT2D eigenvalue weighted by molar-refractivity contribution is 4.82.